The van der Waals surface area contributed by atoms with E-state index in [4.69, 9.17) is 9.31 Å². The van der Waals surface area contributed by atoms with Crippen molar-refractivity contribution in [2.24, 2.45) is 0 Å². The predicted molar refractivity (Wildman–Crippen MR) is 102 cm³/mol. The minimum atomic E-state index is -0.538. The lowest BCUT2D eigenvalue weighted by Gasteiger charge is -2.32. The molecule has 1 fully saturated rings. The zero-order valence-corrected chi connectivity index (χ0v) is 16.0. The van der Waals surface area contributed by atoms with Crippen molar-refractivity contribution in [3.63, 3.8) is 0 Å². The van der Waals surface area contributed by atoms with Crippen LogP contribution in [0.25, 0.3) is 0 Å². The number of benzene rings is 1. The topological polar surface area (TPSA) is 62.5 Å². The van der Waals surface area contributed by atoms with E-state index in [-0.39, 0.29) is 17.8 Å². The summed E-state index contributed by atoms with van der Waals surface area (Å²) in [6.07, 6.45) is 1.53. The Morgan fingerprint density at radius 3 is 2.23 bits per heavy atom. The van der Waals surface area contributed by atoms with Crippen molar-refractivity contribution in [2.75, 3.05) is 0 Å². The molecule has 0 bridgehead atoms. The van der Waals surface area contributed by atoms with Crippen molar-refractivity contribution in [3.8, 4) is 0 Å². The average molecular weight is 356 g/mol. The summed E-state index contributed by atoms with van der Waals surface area (Å²) in [5.74, 6) is 0. The Hall–Kier alpha value is -2.12. The van der Waals surface area contributed by atoms with Crippen LogP contribution in [0, 0.1) is 0 Å². The third kappa shape index (κ3) is 3.17. The molecule has 0 N–H and O–H groups in total. The summed E-state index contributed by atoms with van der Waals surface area (Å²) < 4.78 is 15.0. The maximum atomic E-state index is 12.5. The Morgan fingerprint density at radius 1 is 1.00 bits per heavy atom. The van der Waals surface area contributed by atoms with Crippen LogP contribution < -0.4 is 16.7 Å². The second-order valence-corrected chi connectivity index (χ2v) is 7.60. The molecule has 1 aliphatic heterocycles. The first-order chi connectivity index (χ1) is 12.2. The molecule has 7 heteroatoms. The number of aryl methyl sites for hydroxylation is 1. The quantitative estimate of drug-likeness (QED) is 0.777. The molecule has 1 aromatic heterocycles. The predicted octanol–water partition coefficient (Wildman–Crippen LogP) is 1.38. The number of hydrogen-bond acceptors (Lipinski definition) is 4. The van der Waals surface area contributed by atoms with Crippen LogP contribution in [-0.4, -0.2) is 27.5 Å². The molecule has 2 heterocycles. The second kappa shape index (κ2) is 6.56. The zero-order valence-electron chi connectivity index (χ0n) is 16.0. The molecular weight excluding hydrogens is 331 g/mol. The molecule has 26 heavy (non-hydrogen) atoms. The Balaban J connectivity index is 2.01. The van der Waals surface area contributed by atoms with Gasteiger partial charge in [-0.2, -0.15) is 0 Å². The van der Waals surface area contributed by atoms with Crippen molar-refractivity contribution in [1.29, 1.82) is 0 Å². The summed E-state index contributed by atoms with van der Waals surface area (Å²) in [4.78, 5) is 24.8. The van der Waals surface area contributed by atoms with E-state index in [0.29, 0.717) is 6.54 Å². The van der Waals surface area contributed by atoms with Crippen LogP contribution in [-0.2, 0) is 22.4 Å². The van der Waals surface area contributed by atoms with Gasteiger partial charge in [-0.25, -0.2) is 4.79 Å². The third-order valence-electron chi connectivity index (χ3n) is 5.37. The minimum Gasteiger partial charge on any atom is -0.399 e. The van der Waals surface area contributed by atoms with E-state index in [1.807, 2.05) is 58.9 Å². The molecule has 6 nitrogen and oxygen atoms in total. The van der Waals surface area contributed by atoms with E-state index in [9.17, 15) is 9.59 Å². The SMILES string of the molecule is CCn1ccc(=O)n(Cc2ccccc2B2OC(C)(C)C(C)(C)O2)c1=O. The fraction of sp³-hybridized carbons (Fsp3) is 0.474. The molecule has 1 aromatic carbocycles. The summed E-state index contributed by atoms with van der Waals surface area (Å²) in [6.45, 7) is 10.5. The van der Waals surface area contributed by atoms with Gasteiger partial charge in [0, 0.05) is 18.8 Å². The van der Waals surface area contributed by atoms with E-state index in [0.717, 1.165) is 11.0 Å². The van der Waals surface area contributed by atoms with Crippen LogP contribution in [0.4, 0.5) is 0 Å². The second-order valence-electron chi connectivity index (χ2n) is 7.60. The monoisotopic (exact) mass is 356 g/mol. The Morgan fingerprint density at radius 2 is 1.62 bits per heavy atom. The summed E-state index contributed by atoms with van der Waals surface area (Å²) in [7, 11) is -0.538. The first kappa shape index (κ1) is 18.7. The molecule has 1 aliphatic rings. The molecule has 1 saturated heterocycles. The highest BCUT2D eigenvalue weighted by Gasteiger charge is 2.52. The van der Waals surface area contributed by atoms with Gasteiger partial charge in [0.1, 0.15) is 0 Å². The van der Waals surface area contributed by atoms with Crippen LogP contribution in [0.15, 0.2) is 46.1 Å². The maximum absolute atomic E-state index is 12.5. The maximum Gasteiger partial charge on any atom is 0.495 e. The molecule has 2 aromatic rings. The molecule has 0 atom stereocenters. The third-order valence-corrected chi connectivity index (χ3v) is 5.37. The number of hydrogen-bond donors (Lipinski definition) is 0. The lowest BCUT2D eigenvalue weighted by Crippen LogP contribution is -2.42. The Bertz CT molecular complexity index is 914. The van der Waals surface area contributed by atoms with Gasteiger partial charge in [-0.1, -0.05) is 24.3 Å². The largest absolute Gasteiger partial charge is 0.495 e. The summed E-state index contributed by atoms with van der Waals surface area (Å²) in [5, 5.41) is 0. The van der Waals surface area contributed by atoms with Gasteiger partial charge in [0.25, 0.3) is 5.56 Å². The van der Waals surface area contributed by atoms with Gasteiger partial charge < -0.3 is 13.9 Å². The summed E-state index contributed by atoms with van der Waals surface area (Å²) >= 11 is 0. The van der Waals surface area contributed by atoms with Crippen LogP contribution >= 0.6 is 0 Å². The van der Waals surface area contributed by atoms with Gasteiger partial charge in [-0.15, -0.1) is 0 Å². The molecular formula is C19H25BN2O4. The average Bonchev–Trinajstić information content (AvgIpc) is 2.80. The normalized spacial score (nSPS) is 18.3. The fourth-order valence-electron chi connectivity index (χ4n) is 2.99. The first-order valence-corrected chi connectivity index (χ1v) is 8.90. The lowest BCUT2D eigenvalue weighted by molar-refractivity contribution is 0.00578. The lowest BCUT2D eigenvalue weighted by atomic mass is 9.76. The molecule has 138 valence electrons. The highest BCUT2D eigenvalue weighted by Crippen LogP contribution is 2.36. The van der Waals surface area contributed by atoms with Crippen LogP contribution in [0.2, 0.25) is 0 Å². The molecule has 0 radical (unpaired) electrons. The Labute approximate surface area is 153 Å². The molecule has 0 amide bonds. The van der Waals surface area contributed by atoms with Crippen LogP contribution in [0.1, 0.15) is 40.2 Å². The molecule has 0 spiro atoms. The van der Waals surface area contributed by atoms with Crippen molar-refractivity contribution in [1.82, 2.24) is 9.13 Å². The van der Waals surface area contributed by atoms with Crippen molar-refractivity contribution in [2.45, 2.75) is 58.9 Å². The highest BCUT2D eigenvalue weighted by atomic mass is 16.7. The van der Waals surface area contributed by atoms with Gasteiger partial charge in [-0.3, -0.25) is 9.36 Å². The minimum absolute atomic E-state index is 0.179. The van der Waals surface area contributed by atoms with Crippen molar-refractivity contribution < 1.29 is 9.31 Å². The first-order valence-electron chi connectivity index (χ1n) is 8.90. The van der Waals surface area contributed by atoms with Gasteiger partial charge in [-0.05, 0) is 45.6 Å². The number of aromatic nitrogens is 2. The number of rotatable bonds is 4. The van der Waals surface area contributed by atoms with Crippen LogP contribution in [0.5, 0.6) is 0 Å². The van der Waals surface area contributed by atoms with Gasteiger partial charge in [0.05, 0.1) is 17.7 Å². The van der Waals surface area contributed by atoms with Crippen molar-refractivity contribution >= 4 is 12.6 Å². The van der Waals surface area contributed by atoms with Gasteiger partial charge in [0.15, 0.2) is 0 Å². The standard InChI is InChI=1S/C19H25BN2O4/c1-6-21-12-11-16(23)22(17(21)24)13-14-9-7-8-10-15(14)20-25-18(2,3)19(4,5)26-20/h7-12H,6,13H2,1-5H3. The summed E-state index contributed by atoms with van der Waals surface area (Å²) in [6, 6.07) is 9.03. The van der Waals surface area contributed by atoms with E-state index in [1.165, 1.54) is 21.4 Å². The van der Waals surface area contributed by atoms with E-state index in [2.05, 4.69) is 0 Å². The van der Waals surface area contributed by atoms with Gasteiger partial charge >= 0.3 is 12.8 Å². The van der Waals surface area contributed by atoms with Gasteiger partial charge in [0.2, 0.25) is 0 Å². The molecule has 3 rings (SSSR count). The van der Waals surface area contributed by atoms with E-state index in [1.54, 1.807) is 0 Å². The molecule has 0 aliphatic carbocycles. The molecule has 0 unspecified atom stereocenters. The Kier molecular flexibility index (Phi) is 4.71. The van der Waals surface area contributed by atoms with E-state index >= 15 is 0 Å². The number of nitrogens with zero attached hydrogens (tertiary/aromatic N) is 2. The molecule has 0 saturated carbocycles. The smallest absolute Gasteiger partial charge is 0.399 e. The highest BCUT2D eigenvalue weighted by molar-refractivity contribution is 6.62. The van der Waals surface area contributed by atoms with E-state index < -0.39 is 18.3 Å². The van der Waals surface area contributed by atoms with Crippen molar-refractivity contribution in [3.05, 3.63) is 62.9 Å². The zero-order chi connectivity index (χ0) is 19.1. The van der Waals surface area contributed by atoms with Crippen LogP contribution in [0.3, 0.4) is 0 Å². The summed E-state index contributed by atoms with van der Waals surface area (Å²) in [5.41, 5.74) is 0.127. The fourth-order valence-corrected chi connectivity index (χ4v) is 2.99.